The van der Waals surface area contributed by atoms with Crippen molar-refractivity contribution in [2.45, 2.75) is 19.8 Å². The van der Waals surface area contributed by atoms with Crippen molar-refractivity contribution in [1.82, 2.24) is 0 Å². The van der Waals surface area contributed by atoms with E-state index in [4.69, 9.17) is 27.7 Å². The fraction of sp³-hybridized carbons (Fsp3) is 0.250. The van der Waals surface area contributed by atoms with Crippen LogP contribution in [-0.2, 0) is 4.57 Å². The lowest BCUT2D eigenvalue weighted by Gasteiger charge is -2.18. The summed E-state index contributed by atoms with van der Waals surface area (Å²) in [7, 11) is -3.06. The molecule has 0 fully saturated rings. The highest BCUT2D eigenvalue weighted by Gasteiger charge is 2.18. The molecular formula is C16H18Cl2NO2P. The highest BCUT2D eigenvalue weighted by molar-refractivity contribution is 7.60. The van der Waals surface area contributed by atoms with Gasteiger partial charge in [-0.15, -0.1) is 0 Å². The highest BCUT2D eigenvalue weighted by atomic mass is 35.5. The average Bonchev–Trinajstić information content (AvgIpc) is 2.42. The Morgan fingerprint density at radius 3 is 2.23 bits per heavy atom. The Hall–Kier alpha value is -1.15. The molecule has 0 saturated carbocycles. The summed E-state index contributed by atoms with van der Waals surface area (Å²) in [6.45, 7) is 5.75. The number of hydrogen-bond acceptors (Lipinski definition) is 2. The van der Waals surface area contributed by atoms with Crippen LogP contribution in [0.25, 0.3) is 0 Å². The third-order valence-corrected chi connectivity index (χ3v) is 5.04. The lowest BCUT2D eigenvalue weighted by Crippen LogP contribution is -2.02. The number of rotatable bonds is 5. The van der Waals surface area contributed by atoms with Gasteiger partial charge >= 0.3 is 7.52 Å². The average molecular weight is 358 g/mol. The summed E-state index contributed by atoms with van der Waals surface area (Å²) in [4.78, 5) is 0. The maximum absolute atomic E-state index is 12.6. The van der Waals surface area contributed by atoms with Gasteiger partial charge in [-0.3, -0.25) is 4.57 Å². The molecule has 6 heteroatoms. The van der Waals surface area contributed by atoms with Crippen molar-refractivity contribution in [1.29, 1.82) is 0 Å². The molecule has 3 nitrogen and oxygen atoms in total. The van der Waals surface area contributed by atoms with E-state index in [1.165, 1.54) is 12.2 Å². The van der Waals surface area contributed by atoms with Gasteiger partial charge in [-0.2, -0.15) is 0 Å². The molecule has 0 bridgehead atoms. The van der Waals surface area contributed by atoms with Crippen LogP contribution < -0.4 is 9.61 Å². The van der Waals surface area contributed by atoms with Crippen LogP contribution in [-0.4, -0.2) is 6.66 Å². The number of anilines is 1. The van der Waals surface area contributed by atoms with E-state index in [1.54, 1.807) is 18.2 Å². The molecule has 0 saturated heterocycles. The van der Waals surface area contributed by atoms with Gasteiger partial charge < -0.3 is 9.61 Å². The van der Waals surface area contributed by atoms with E-state index in [2.05, 4.69) is 18.9 Å². The molecule has 1 atom stereocenters. The van der Waals surface area contributed by atoms with Crippen LogP contribution in [0.2, 0.25) is 10.0 Å². The first-order valence-electron chi connectivity index (χ1n) is 6.87. The van der Waals surface area contributed by atoms with Gasteiger partial charge in [-0.25, -0.2) is 0 Å². The molecule has 0 radical (unpaired) electrons. The van der Waals surface area contributed by atoms with Crippen molar-refractivity contribution in [2.24, 2.45) is 0 Å². The first-order chi connectivity index (χ1) is 10.3. The van der Waals surface area contributed by atoms with Crippen LogP contribution in [0.1, 0.15) is 25.3 Å². The number of nitrogens with one attached hydrogen (secondary N) is 1. The molecule has 0 unspecified atom stereocenters. The Balaban J connectivity index is 2.09. The first kappa shape index (κ1) is 17.2. The maximum atomic E-state index is 12.6. The van der Waals surface area contributed by atoms with Gasteiger partial charge in [0.05, 0.1) is 10.0 Å². The second-order valence-corrected chi connectivity index (χ2v) is 8.31. The van der Waals surface area contributed by atoms with Crippen LogP contribution in [0, 0.1) is 0 Å². The zero-order valence-electron chi connectivity index (χ0n) is 12.6. The lowest BCUT2D eigenvalue weighted by molar-refractivity contribution is 0.493. The Labute approximate surface area is 141 Å². The monoisotopic (exact) mass is 357 g/mol. The summed E-state index contributed by atoms with van der Waals surface area (Å²) in [5.41, 5.74) is 1.80. The minimum Gasteiger partial charge on any atom is -0.429 e. The van der Waals surface area contributed by atoms with Gasteiger partial charge in [0.1, 0.15) is 5.75 Å². The van der Waals surface area contributed by atoms with E-state index in [0.717, 1.165) is 0 Å². The van der Waals surface area contributed by atoms with Crippen LogP contribution in [0.3, 0.4) is 0 Å². The zero-order chi connectivity index (χ0) is 16.3. The number of hydrogen-bond donors (Lipinski definition) is 1. The third-order valence-electron chi connectivity index (χ3n) is 3.08. The predicted molar refractivity (Wildman–Crippen MR) is 94.8 cm³/mol. The molecule has 2 aromatic carbocycles. The Morgan fingerprint density at radius 2 is 1.68 bits per heavy atom. The van der Waals surface area contributed by atoms with Crippen LogP contribution >= 0.6 is 30.7 Å². The van der Waals surface area contributed by atoms with E-state index in [9.17, 15) is 4.57 Å². The van der Waals surface area contributed by atoms with Crippen molar-refractivity contribution in [3.63, 3.8) is 0 Å². The Bertz CT molecular complexity index is 702. The van der Waals surface area contributed by atoms with E-state index >= 15 is 0 Å². The summed E-state index contributed by atoms with van der Waals surface area (Å²) in [5.74, 6) is 1.000. The van der Waals surface area contributed by atoms with Gasteiger partial charge in [0.15, 0.2) is 0 Å². The molecule has 22 heavy (non-hydrogen) atoms. The molecule has 0 spiro atoms. The molecule has 0 aliphatic rings. The van der Waals surface area contributed by atoms with Gasteiger partial charge in [-0.05, 0) is 41.8 Å². The van der Waals surface area contributed by atoms with Crippen molar-refractivity contribution in [2.75, 3.05) is 11.8 Å². The van der Waals surface area contributed by atoms with Gasteiger partial charge in [0, 0.05) is 12.4 Å². The van der Waals surface area contributed by atoms with Crippen molar-refractivity contribution in [3.8, 4) is 5.75 Å². The molecule has 0 amide bonds. The first-order valence-corrected chi connectivity index (χ1v) is 9.70. The Morgan fingerprint density at radius 1 is 1.05 bits per heavy atom. The normalized spacial score (nSPS) is 13.7. The van der Waals surface area contributed by atoms with Gasteiger partial charge in [-0.1, -0.05) is 49.2 Å². The minimum absolute atomic E-state index is 0.396. The second kappa shape index (κ2) is 6.95. The van der Waals surface area contributed by atoms with E-state index in [-0.39, 0.29) is 0 Å². The quantitative estimate of drug-likeness (QED) is 0.626. The van der Waals surface area contributed by atoms with E-state index < -0.39 is 7.52 Å². The summed E-state index contributed by atoms with van der Waals surface area (Å²) < 4.78 is 18.1. The Kier molecular flexibility index (Phi) is 5.44. The zero-order valence-corrected chi connectivity index (χ0v) is 15.0. The van der Waals surface area contributed by atoms with E-state index in [0.29, 0.717) is 27.4 Å². The molecule has 0 aliphatic carbocycles. The number of halogens is 2. The highest BCUT2D eigenvalue weighted by Crippen LogP contribution is 2.44. The molecule has 2 rings (SSSR count). The fourth-order valence-electron chi connectivity index (χ4n) is 1.94. The minimum atomic E-state index is -3.06. The maximum Gasteiger partial charge on any atom is 0.338 e. The fourth-order valence-corrected chi connectivity index (χ4v) is 3.41. The van der Waals surface area contributed by atoms with Crippen LogP contribution in [0.4, 0.5) is 5.69 Å². The lowest BCUT2D eigenvalue weighted by atomic mass is 10.0. The SMILES string of the molecule is CC(C)c1ccc(O[P@@](C)(=O)Nc2ccc(Cl)c(Cl)c2)cc1. The van der Waals surface area contributed by atoms with Crippen LogP contribution in [0.15, 0.2) is 42.5 Å². The molecular weight excluding hydrogens is 340 g/mol. The topological polar surface area (TPSA) is 38.3 Å². The third kappa shape index (κ3) is 4.67. The predicted octanol–water partition coefficient (Wildman–Crippen LogP) is 6.43. The molecule has 2 aromatic rings. The molecule has 0 aromatic heterocycles. The second-order valence-electron chi connectivity index (χ2n) is 5.40. The summed E-state index contributed by atoms with van der Waals surface area (Å²) in [6.07, 6.45) is 0. The molecule has 0 aliphatic heterocycles. The van der Waals surface area contributed by atoms with Crippen molar-refractivity contribution >= 4 is 36.4 Å². The molecule has 1 N–H and O–H groups in total. The smallest absolute Gasteiger partial charge is 0.338 e. The summed E-state index contributed by atoms with van der Waals surface area (Å²) >= 11 is 11.8. The summed E-state index contributed by atoms with van der Waals surface area (Å²) in [5, 5.41) is 3.71. The summed E-state index contributed by atoms with van der Waals surface area (Å²) in [6, 6.07) is 12.5. The van der Waals surface area contributed by atoms with E-state index in [1.807, 2.05) is 24.3 Å². The van der Waals surface area contributed by atoms with Crippen LogP contribution in [0.5, 0.6) is 5.75 Å². The number of benzene rings is 2. The largest absolute Gasteiger partial charge is 0.429 e. The molecule has 118 valence electrons. The van der Waals surface area contributed by atoms with Crippen molar-refractivity contribution < 1.29 is 9.09 Å². The van der Waals surface area contributed by atoms with Gasteiger partial charge in [0.25, 0.3) is 0 Å². The van der Waals surface area contributed by atoms with Crippen molar-refractivity contribution in [3.05, 3.63) is 58.1 Å². The standard InChI is InChI=1S/C16H18Cl2NO2P/c1-11(2)12-4-7-14(8-5-12)21-22(3,20)19-13-6-9-15(17)16(18)10-13/h4-11H,1-3H3,(H,19,20)/t22-/m1/s1. The molecule has 0 heterocycles. The van der Waals surface area contributed by atoms with Gasteiger partial charge in [0.2, 0.25) is 0 Å².